The molecule has 0 radical (unpaired) electrons. The highest BCUT2D eigenvalue weighted by Crippen LogP contribution is 2.30. The number of benzene rings is 2. The molecule has 8 heteroatoms. The van der Waals surface area contributed by atoms with Crippen LogP contribution in [-0.2, 0) is 6.18 Å². The third-order valence-electron chi connectivity index (χ3n) is 4.70. The molecule has 3 rings (SSSR count). The summed E-state index contributed by atoms with van der Waals surface area (Å²) in [6.45, 7) is 5.45. The number of carbonyl (C=O) groups is 1. The molecule has 0 spiro atoms. The van der Waals surface area contributed by atoms with Gasteiger partial charge < -0.3 is 4.90 Å². The van der Waals surface area contributed by atoms with E-state index in [1.54, 1.807) is 26.0 Å². The predicted molar refractivity (Wildman–Crippen MR) is 108 cm³/mol. The molecule has 0 saturated heterocycles. The number of anilines is 1. The van der Waals surface area contributed by atoms with Crippen molar-refractivity contribution in [1.29, 1.82) is 0 Å². The molecule has 0 fully saturated rings. The fourth-order valence-corrected chi connectivity index (χ4v) is 3.19. The van der Waals surface area contributed by atoms with E-state index in [1.165, 1.54) is 27.8 Å². The van der Waals surface area contributed by atoms with Gasteiger partial charge in [-0.05, 0) is 50.6 Å². The van der Waals surface area contributed by atoms with Crippen molar-refractivity contribution in [1.82, 2.24) is 9.78 Å². The molecule has 0 unspecified atom stereocenters. The zero-order valence-corrected chi connectivity index (χ0v) is 16.7. The van der Waals surface area contributed by atoms with Crippen LogP contribution in [0.5, 0.6) is 0 Å². The van der Waals surface area contributed by atoms with Crippen molar-refractivity contribution in [2.45, 2.75) is 26.9 Å². The average Bonchev–Trinajstić information content (AvgIpc) is 2.69. The van der Waals surface area contributed by atoms with E-state index >= 15 is 0 Å². The van der Waals surface area contributed by atoms with Gasteiger partial charge in [-0.2, -0.15) is 18.3 Å². The minimum absolute atomic E-state index is 0.107. The van der Waals surface area contributed by atoms with Crippen LogP contribution in [0, 0.1) is 13.8 Å². The Kier molecular flexibility index (Phi) is 5.78. The van der Waals surface area contributed by atoms with Crippen molar-refractivity contribution in [2.75, 3.05) is 11.4 Å². The number of para-hydroxylation sites is 1. The van der Waals surface area contributed by atoms with Crippen LogP contribution < -0.4 is 10.3 Å². The van der Waals surface area contributed by atoms with Gasteiger partial charge in [0.1, 0.15) is 0 Å². The number of nitrogens with zero attached hydrogens (tertiary/aromatic N) is 3. The molecular formula is C22H20F3N3O2. The van der Waals surface area contributed by atoms with E-state index in [-0.39, 0.29) is 11.4 Å². The van der Waals surface area contributed by atoms with E-state index in [1.807, 2.05) is 19.1 Å². The maximum Gasteiger partial charge on any atom is 0.416 e. The molecule has 30 heavy (non-hydrogen) atoms. The minimum atomic E-state index is -4.52. The van der Waals surface area contributed by atoms with Crippen molar-refractivity contribution in [2.24, 2.45) is 0 Å². The number of alkyl halides is 3. The summed E-state index contributed by atoms with van der Waals surface area (Å²) in [4.78, 5) is 27.1. The minimum Gasteiger partial charge on any atom is -0.307 e. The van der Waals surface area contributed by atoms with Crippen LogP contribution in [0.3, 0.4) is 0 Å². The molecule has 0 aliphatic carbocycles. The molecule has 2 aromatic carbocycles. The maximum absolute atomic E-state index is 13.1. The molecule has 0 bridgehead atoms. The number of aryl methyl sites for hydroxylation is 2. The Labute approximate surface area is 171 Å². The standard InChI is InChI=1S/C22H20F3N3O2/c1-4-27(18-11-6-5-8-14(18)2)21(30)20-19(29)12-15(3)28(26-20)17-10-7-9-16(13-17)22(23,24)25/h5-13H,4H2,1-3H3. The Morgan fingerprint density at radius 3 is 2.40 bits per heavy atom. The van der Waals surface area contributed by atoms with Crippen LogP contribution in [0.1, 0.15) is 34.2 Å². The van der Waals surface area contributed by atoms with Crippen molar-refractivity contribution in [3.05, 3.63) is 87.3 Å². The molecule has 5 nitrogen and oxygen atoms in total. The first-order valence-electron chi connectivity index (χ1n) is 9.29. The number of halogens is 3. The van der Waals surface area contributed by atoms with Gasteiger partial charge in [0, 0.05) is 24.0 Å². The first kappa shape index (κ1) is 21.3. The summed E-state index contributed by atoms with van der Waals surface area (Å²) in [6.07, 6.45) is -4.52. The highest BCUT2D eigenvalue weighted by atomic mass is 19.4. The molecule has 0 N–H and O–H groups in total. The van der Waals surface area contributed by atoms with E-state index in [0.717, 1.165) is 17.7 Å². The summed E-state index contributed by atoms with van der Waals surface area (Å²) in [5.41, 5.74) is 0.110. The average molecular weight is 415 g/mol. The van der Waals surface area contributed by atoms with Gasteiger partial charge in [0.25, 0.3) is 5.91 Å². The second-order valence-electron chi connectivity index (χ2n) is 6.79. The lowest BCUT2D eigenvalue weighted by molar-refractivity contribution is -0.137. The van der Waals surface area contributed by atoms with Crippen molar-refractivity contribution in [3.8, 4) is 5.69 Å². The van der Waals surface area contributed by atoms with Gasteiger partial charge in [0.05, 0.1) is 11.3 Å². The highest BCUT2D eigenvalue weighted by Gasteiger charge is 2.31. The Morgan fingerprint density at radius 1 is 1.07 bits per heavy atom. The molecule has 156 valence electrons. The predicted octanol–water partition coefficient (Wildman–Crippen LogP) is 4.53. The van der Waals surface area contributed by atoms with Gasteiger partial charge in [-0.3, -0.25) is 9.59 Å². The van der Waals surface area contributed by atoms with Gasteiger partial charge in [-0.15, -0.1) is 0 Å². The molecule has 0 saturated carbocycles. The number of amides is 1. The molecule has 0 atom stereocenters. The van der Waals surface area contributed by atoms with Crippen LogP contribution in [-0.4, -0.2) is 22.2 Å². The Bertz CT molecular complexity index is 1150. The zero-order chi connectivity index (χ0) is 22.1. The summed E-state index contributed by atoms with van der Waals surface area (Å²) in [5, 5.41) is 4.13. The summed E-state index contributed by atoms with van der Waals surface area (Å²) in [6, 6.07) is 13.0. The lowest BCUT2D eigenvalue weighted by atomic mass is 10.1. The normalized spacial score (nSPS) is 11.4. The zero-order valence-electron chi connectivity index (χ0n) is 16.7. The first-order chi connectivity index (χ1) is 14.1. The van der Waals surface area contributed by atoms with Gasteiger partial charge >= 0.3 is 6.18 Å². The summed E-state index contributed by atoms with van der Waals surface area (Å²) in [7, 11) is 0. The summed E-state index contributed by atoms with van der Waals surface area (Å²) in [5.74, 6) is -0.613. The van der Waals surface area contributed by atoms with Crippen LogP contribution in [0.15, 0.2) is 59.4 Å². The van der Waals surface area contributed by atoms with Crippen LogP contribution in [0.25, 0.3) is 5.69 Å². The van der Waals surface area contributed by atoms with E-state index in [4.69, 9.17) is 0 Å². The fourth-order valence-electron chi connectivity index (χ4n) is 3.19. The van der Waals surface area contributed by atoms with E-state index in [2.05, 4.69) is 5.10 Å². The number of hydrogen-bond acceptors (Lipinski definition) is 3. The maximum atomic E-state index is 13.1. The summed E-state index contributed by atoms with van der Waals surface area (Å²) >= 11 is 0. The lowest BCUT2D eigenvalue weighted by Crippen LogP contribution is -2.36. The van der Waals surface area contributed by atoms with Crippen molar-refractivity contribution >= 4 is 11.6 Å². The Morgan fingerprint density at radius 2 is 1.77 bits per heavy atom. The molecular weight excluding hydrogens is 395 g/mol. The molecule has 0 aliphatic heterocycles. The van der Waals surface area contributed by atoms with E-state index in [0.29, 0.717) is 17.9 Å². The van der Waals surface area contributed by atoms with E-state index in [9.17, 15) is 22.8 Å². The van der Waals surface area contributed by atoms with E-state index < -0.39 is 23.1 Å². The molecule has 0 aliphatic rings. The topological polar surface area (TPSA) is 55.2 Å². The molecule has 1 heterocycles. The van der Waals surface area contributed by atoms with Gasteiger partial charge in [0.2, 0.25) is 5.43 Å². The lowest BCUT2D eigenvalue weighted by Gasteiger charge is -2.23. The third-order valence-corrected chi connectivity index (χ3v) is 4.70. The fraction of sp³-hybridized carbons (Fsp3) is 0.227. The summed E-state index contributed by atoms with van der Waals surface area (Å²) < 4.78 is 40.5. The number of rotatable bonds is 4. The van der Waals surface area contributed by atoms with Gasteiger partial charge in [-0.25, -0.2) is 4.68 Å². The number of aromatic nitrogens is 2. The second kappa shape index (κ2) is 8.14. The number of carbonyl (C=O) groups excluding carboxylic acids is 1. The Hall–Kier alpha value is -3.42. The van der Waals surface area contributed by atoms with Crippen LogP contribution in [0.4, 0.5) is 18.9 Å². The molecule has 1 aromatic heterocycles. The quantitative estimate of drug-likeness (QED) is 0.629. The largest absolute Gasteiger partial charge is 0.416 e. The third kappa shape index (κ3) is 4.12. The molecule has 3 aromatic rings. The monoisotopic (exact) mass is 415 g/mol. The first-order valence-corrected chi connectivity index (χ1v) is 9.29. The van der Waals surface area contributed by atoms with Crippen LogP contribution in [0.2, 0.25) is 0 Å². The van der Waals surface area contributed by atoms with Gasteiger partial charge in [-0.1, -0.05) is 24.3 Å². The SMILES string of the molecule is CCN(C(=O)c1nn(-c2cccc(C(F)(F)F)c2)c(C)cc1=O)c1ccccc1C. The Balaban J connectivity index is 2.11. The van der Waals surface area contributed by atoms with Crippen LogP contribution >= 0.6 is 0 Å². The smallest absolute Gasteiger partial charge is 0.307 e. The van der Waals surface area contributed by atoms with Crippen molar-refractivity contribution < 1.29 is 18.0 Å². The van der Waals surface area contributed by atoms with Crippen molar-refractivity contribution in [3.63, 3.8) is 0 Å². The van der Waals surface area contributed by atoms with Gasteiger partial charge in [0.15, 0.2) is 5.69 Å². The molecule has 1 amide bonds. The highest BCUT2D eigenvalue weighted by molar-refractivity contribution is 6.05. The second-order valence-corrected chi connectivity index (χ2v) is 6.79. The number of hydrogen-bond donors (Lipinski definition) is 0.